The van der Waals surface area contributed by atoms with Gasteiger partial charge in [-0.1, -0.05) is 46.6 Å². The van der Waals surface area contributed by atoms with E-state index in [2.05, 4.69) is 20.4 Å². The number of likely N-dealkylation sites (tertiary alicyclic amines) is 1. The van der Waals surface area contributed by atoms with Crippen LogP contribution in [0.15, 0.2) is 47.0 Å². The average Bonchev–Trinajstić information content (AvgIpc) is 3.23. The molecule has 31 heavy (non-hydrogen) atoms. The van der Waals surface area contributed by atoms with E-state index in [1.807, 2.05) is 31.2 Å². The first-order chi connectivity index (χ1) is 15.0. The predicted octanol–water partition coefficient (Wildman–Crippen LogP) is 4.56. The number of amides is 1. The molecule has 8 heteroatoms. The second kappa shape index (κ2) is 9.49. The Morgan fingerprint density at radius 2 is 1.97 bits per heavy atom. The minimum atomic E-state index is -0.0641. The zero-order valence-corrected chi connectivity index (χ0v) is 18.4. The normalized spacial score (nSPS) is 15.1. The molecule has 2 aromatic carbocycles. The number of anilines is 1. The molecular weight excluding hydrogens is 416 g/mol. The molecule has 0 unspecified atom stereocenters. The van der Waals surface area contributed by atoms with Gasteiger partial charge in [0.2, 0.25) is 17.6 Å². The molecular formula is C23H25ClN4O3. The summed E-state index contributed by atoms with van der Waals surface area (Å²) in [5.74, 6) is 1.70. The minimum Gasteiger partial charge on any atom is -0.495 e. The van der Waals surface area contributed by atoms with Crippen molar-refractivity contribution in [3.8, 4) is 17.1 Å². The SMILES string of the molecule is COc1ccc(Cl)cc1NC(=O)C1CCN(Cc2nc(-c3ccc(C)cc3)no2)CC1. The van der Waals surface area contributed by atoms with Gasteiger partial charge in [-0.25, -0.2) is 0 Å². The number of halogens is 1. The largest absolute Gasteiger partial charge is 0.495 e. The lowest BCUT2D eigenvalue weighted by atomic mass is 9.96. The van der Waals surface area contributed by atoms with Crippen molar-refractivity contribution in [3.05, 3.63) is 58.9 Å². The van der Waals surface area contributed by atoms with E-state index in [0.717, 1.165) is 31.5 Å². The summed E-state index contributed by atoms with van der Waals surface area (Å²) in [6.45, 7) is 4.19. The van der Waals surface area contributed by atoms with Crippen molar-refractivity contribution >= 4 is 23.2 Å². The number of aryl methyl sites for hydroxylation is 1. The minimum absolute atomic E-state index is 0.0142. The van der Waals surface area contributed by atoms with Crippen molar-refractivity contribution in [2.75, 3.05) is 25.5 Å². The van der Waals surface area contributed by atoms with Crippen molar-refractivity contribution in [2.45, 2.75) is 26.3 Å². The van der Waals surface area contributed by atoms with Crippen LogP contribution < -0.4 is 10.1 Å². The number of rotatable bonds is 6. The summed E-state index contributed by atoms with van der Waals surface area (Å²) < 4.78 is 10.7. The number of benzene rings is 2. The van der Waals surface area contributed by atoms with Crippen LogP contribution in [0.25, 0.3) is 11.4 Å². The zero-order valence-electron chi connectivity index (χ0n) is 17.6. The highest BCUT2D eigenvalue weighted by molar-refractivity contribution is 6.31. The summed E-state index contributed by atoms with van der Waals surface area (Å²) in [6.07, 6.45) is 1.52. The molecule has 0 spiro atoms. The van der Waals surface area contributed by atoms with E-state index in [4.69, 9.17) is 20.9 Å². The highest BCUT2D eigenvalue weighted by atomic mass is 35.5. The van der Waals surface area contributed by atoms with Gasteiger partial charge in [0.05, 0.1) is 19.3 Å². The number of nitrogens with zero attached hydrogens (tertiary/aromatic N) is 3. The molecule has 0 saturated carbocycles. The Morgan fingerprint density at radius 3 is 2.68 bits per heavy atom. The maximum Gasteiger partial charge on any atom is 0.241 e. The van der Waals surface area contributed by atoms with Crippen molar-refractivity contribution in [1.29, 1.82) is 0 Å². The maximum absolute atomic E-state index is 12.7. The fraction of sp³-hybridized carbons (Fsp3) is 0.348. The van der Waals surface area contributed by atoms with Gasteiger partial charge in [0.25, 0.3) is 0 Å². The number of hydrogen-bond donors (Lipinski definition) is 1. The predicted molar refractivity (Wildman–Crippen MR) is 119 cm³/mol. The Morgan fingerprint density at radius 1 is 1.23 bits per heavy atom. The maximum atomic E-state index is 12.7. The Hall–Kier alpha value is -2.90. The third-order valence-corrected chi connectivity index (χ3v) is 5.75. The van der Waals surface area contributed by atoms with E-state index in [1.165, 1.54) is 5.56 Å². The van der Waals surface area contributed by atoms with Crippen molar-refractivity contribution in [2.24, 2.45) is 5.92 Å². The Bertz CT molecular complexity index is 1040. The number of methoxy groups -OCH3 is 1. The van der Waals surface area contributed by atoms with Crippen LogP contribution in [-0.2, 0) is 11.3 Å². The van der Waals surface area contributed by atoms with E-state index in [1.54, 1.807) is 25.3 Å². The third kappa shape index (κ3) is 5.24. The zero-order chi connectivity index (χ0) is 21.8. The quantitative estimate of drug-likeness (QED) is 0.605. The molecule has 0 bridgehead atoms. The molecule has 1 aromatic heterocycles. The Balaban J connectivity index is 1.30. The number of carbonyl (C=O) groups is 1. The fourth-order valence-corrected chi connectivity index (χ4v) is 3.87. The molecule has 1 aliphatic heterocycles. The molecule has 0 radical (unpaired) electrons. The first-order valence-electron chi connectivity index (χ1n) is 10.3. The summed E-state index contributed by atoms with van der Waals surface area (Å²) in [5, 5.41) is 7.60. The monoisotopic (exact) mass is 440 g/mol. The van der Waals surface area contributed by atoms with Crippen molar-refractivity contribution in [1.82, 2.24) is 15.0 Å². The van der Waals surface area contributed by atoms with E-state index in [0.29, 0.717) is 34.7 Å². The van der Waals surface area contributed by atoms with E-state index in [-0.39, 0.29) is 11.8 Å². The van der Waals surface area contributed by atoms with Crippen LogP contribution in [0, 0.1) is 12.8 Å². The van der Waals surface area contributed by atoms with E-state index < -0.39 is 0 Å². The van der Waals surface area contributed by atoms with Gasteiger partial charge in [0.15, 0.2) is 0 Å². The highest BCUT2D eigenvalue weighted by Crippen LogP contribution is 2.29. The number of ether oxygens (including phenoxy) is 1. The smallest absolute Gasteiger partial charge is 0.241 e. The number of nitrogens with one attached hydrogen (secondary N) is 1. The second-order valence-corrected chi connectivity index (χ2v) is 8.20. The Kier molecular flexibility index (Phi) is 6.53. The van der Waals surface area contributed by atoms with Gasteiger partial charge >= 0.3 is 0 Å². The fourth-order valence-electron chi connectivity index (χ4n) is 3.70. The number of carbonyl (C=O) groups excluding carboxylic acids is 1. The number of piperidine rings is 1. The van der Waals surface area contributed by atoms with Crippen LogP contribution in [0.5, 0.6) is 5.75 Å². The molecule has 1 N–H and O–H groups in total. The van der Waals surface area contributed by atoms with Crippen molar-refractivity contribution < 1.29 is 14.1 Å². The van der Waals surface area contributed by atoms with Gasteiger partial charge < -0.3 is 14.6 Å². The molecule has 7 nitrogen and oxygen atoms in total. The summed E-state index contributed by atoms with van der Waals surface area (Å²) in [6, 6.07) is 13.2. The average molecular weight is 441 g/mol. The first-order valence-corrected chi connectivity index (χ1v) is 10.7. The molecule has 1 saturated heterocycles. The van der Waals surface area contributed by atoms with Gasteiger partial charge in [-0.15, -0.1) is 0 Å². The van der Waals surface area contributed by atoms with Gasteiger partial charge in [-0.3, -0.25) is 9.69 Å². The summed E-state index contributed by atoms with van der Waals surface area (Å²) in [5.41, 5.74) is 2.72. The van der Waals surface area contributed by atoms with Gasteiger partial charge in [0.1, 0.15) is 5.75 Å². The van der Waals surface area contributed by atoms with Gasteiger partial charge in [0, 0.05) is 16.5 Å². The van der Waals surface area contributed by atoms with Gasteiger partial charge in [-0.05, 0) is 51.1 Å². The standard InChI is InChI=1S/C23H25ClN4O3/c1-15-3-5-16(6-4-15)22-26-21(31-27-22)14-28-11-9-17(10-12-28)23(29)25-19-13-18(24)7-8-20(19)30-2/h3-8,13,17H,9-12,14H2,1-2H3,(H,25,29). The molecule has 162 valence electrons. The Labute approximate surface area is 186 Å². The molecule has 0 aliphatic carbocycles. The summed E-state index contributed by atoms with van der Waals surface area (Å²) in [4.78, 5) is 19.5. The highest BCUT2D eigenvalue weighted by Gasteiger charge is 2.26. The van der Waals surface area contributed by atoms with Crippen LogP contribution in [0.4, 0.5) is 5.69 Å². The molecule has 2 heterocycles. The topological polar surface area (TPSA) is 80.5 Å². The van der Waals surface area contributed by atoms with Crippen LogP contribution in [0.1, 0.15) is 24.3 Å². The van der Waals surface area contributed by atoms with Crippen LogP contribution in [-0.4, -0.2) is 41.1 Å². The van der Waals surface area contributed by atoms with Crippen LogP contribution in [0.2, 0.25) is 5.02 Å². The third-order valence-electron chi connectivity index (χ3n) is 5.51. The molecule has 1 fully saturated rings. The number of aromatic nitrogens is 2. The lowest BCUT2D eigenvalue weighted by Gasteiger charge is -2.30. The van der Waals surface area contributed by atoms with Crippen LogP contribution in [0.3, 0.4) is 0 Å². The van der Waals surface area contributed by atoms with Crippen LogP contribution >= 0.6 is 11.6 Å². The van der Waals surface area contributed by atoms with Crippen molar-refractivity contribution in [3.63, 3.8) is 0 Å². The van der Waals surface area contributed by atoms with E-state index in [9.17, 15) is 4.79 Å². The number of hydrogen-bond acceptors (Lipinski definition) is 6. The second-order valence-electron chi connectivity index (χ2n) is 7.76. The molecule has 4 rings (SSSR count). The molecule has 1 aliphatic rings. The molecule has 3 aromatic rings. The van der Waals surface area contributed by atoms with E-state index >= 15 is 0 Å². The molecule has 0 atom stereocenters. The lowest BCUT2D eigenvalue weighted by molar-refractivity contribution is -0.121. The summed E-state index contributed by atoms with van der Waals surface area (Å²) >= 11 is 6.05. The first kappa shape index (κ1) is 21.3. The lowest BCUT2D eigenvalue weighted by Crippen LogP contribution is -2.37. The van der Waals surface area contributed by atoms with Gasteiger partial charge in [-0.2, -0.15) is 4.98 Å². The molecule has 1 amide bonds. The summed E-state index contributed by atoms with van der Waals surface area (Å²) in [7, 11) is 1.57.